The van der Waals surface area contributed by atoms with Gasteiger partial charge in [-0.05, 0) is 57.9 Å². The van der Waals surface area contributed by atoms with Crippen LogP contribution in [0.2, 0.25) is 5.02 Å². The van der Waals surface area contributed by atoms with Gasteiger partial charge in [0.05, 0.1) is 29.7 Å². The van der Waals surface area contributed by atoms with Gasteiger partial charge in [-0.1, -0.05) is 17.7 Å². The molecule has 2 aromatic carbocycles. The van der Waals surface area contributed by atoms with Gasteiger partial charge in [0.15, 0.2) is 5.76 Å². The molecule has 0 unspecified atom stereocenters. The average Bonchev–Trinajstić information content (AvgIpc) is 2.76. The SMILES string of the molecule is COC(=O)C[C@H](c1ccc(F)c(Br)c1)c1oc(CSc2ccc(Cl)cc2)cc(=O)c1O. The number of methoxy groups -OCH3 is 1. The highest BCUT2D eigenvalue weighted by Crippen LogP contribution is 2.36. The summed E-state index contributed by atoms with van der Waals surface area (Å²) >= 11 is 10.4. The number of benzene rings is 2. The molecule has 1 N–H and O–H groups in total. The summed E-state index contributed by atoms with van der Waals surface area (Å²) in [6, 6.07) is 12.5. The first-order valence-corrected chi connectivity index (χ1v) is 11.2. The Balaban J connectivity index is 1.98. The van der Waals surface area contributed by atoms with Crippen molar-refractivity contribution in [2.75, 3.05) is 7.11 Å². The molecule has 9 heteroatoms. The van der Waals surface area contributed by atoms with Crippen molar-refractivity contribution in [2.24, 2.45) is 0 Å². The lowest BCUT2D eigenvalue weighted by Crippen LogP contribution is -2.14. The van der Waals surface area contributed by atoms with Gasteiger partial charge in [-0.2, -0.15) is 0 Å². The summed E-state index contributed by atoms with van der Waals surface area (Å²) < 4.78 is 24.5. The molecule has 1 aromatic heterocycles. The number of halogens is 3. The van der Waals surface area contributed by atoms with Crippen LogP contribution in [-0.2, 0) is 15.3 Å². The summed E-state index contributed by atoms with van der Waals surface area (Å²) in [5.41, 5.74) is -0.163. The Morgan fingerprint density at radius 3 is 2.61 bits per heavy atom. The number of carbonyl (C=O) groups is 1. The smallest absolute Gasteiger partial charge is 0.306 e. The summed E-state index contributed by atoms with van der Waals surface area (Å²) in [5, 5.41) is 11.0. The minimum absolute atomic E-state index is 0.0804. The van der Waals surface area contributed by atoms with Crippen LogP contribution in [0.3, 0.4) is 0 Å². The molecule has 0 radical (unpaired) electrons. The lowest BCUT2D eigenvalue weighted by molar-refractivity contribution is -0.140. The van der Waals surface area contributed by atoms with Crippen LogP contribution in [0.4, 0.5) is 4.39 Å². The highest BCUT2D eigenvalue weighted by molar-refractivity contribution is 9.10. The summed E-state index contributed by atoms with van der Waals surface area (Å²) in [6.07, 6.45) is -0.209. The van der Waals surface area contributed by atoms with Crippen LogP contribution in [0, 0.1) is 5.82 Å². The molecule has 1 heterocycles. The largest absolute Gasteiger partial charge is 0.502 e. The predicted octanol–water partition coefficient (Wildman–Crippen LogP) is 5.89. The molecule has 31 heavy (non-hydrogen) atoms. The summed E-state index contributed by atoms with van der Waals surface area (Å²) in [6.45, 7) is 0. The minimum atomic E-state index is -0.850. The van der Waals surface area contributed by atoms with Crippen molar-refractivity contribution in [2.45, 2.75) is 23.0 Å². The summed E-state index contributed by atoms with van der Waals surface area (Å²) in [4.78, 5) is 25.3. The molecular weight excluding hydrogens is 511 g/mol. The number of thioether (sulfide) groups is 1. The van der Waals surface area contributed by atoms with Crippen LogP contribution < -0.4 is 5.43 Å². The number of rotatable bonds is 7. The molecule has 0 amide bonds. The van der Waals surface area contributed by atoms with Crippen LogP contribution in [0.15, 0.2) is 67.1 Å². The quantitative estimate of drug-likeness (QED) is 0.305. The van der Waals surface area contributed by atoms with Crippen molar-refractivity contribution >= 4 is 45.3 Å². The van der Waals surface area contributed by atoms with Crippen molar-refractivity contribution in [3.05, 3.63) is 91.2 Å². The monoisotopic (exact) mass is 526 g/mol. The maximum atomic E-state index is 13.7. The average molecular weight is 528 g/mol. The Kier molecular flexibility index (Phi) is 7.80. The third-order valence-corrected chi connectivity index (χ3v) is 6.35. The maximum absolute atomic E-state index is 13.7. The second-order valence-corrected chi connectivity index (χ2v) is 8.88. The lowest BCUT2D eigenvalue weighted by atomic mass is 9.92. The van der Waals surface area contributed by atoms with Crippen LogP contribution in [0.5, 0.6) is 5.75 Å². The highest BCUT2D eigenvalue weighted by atomic mass is 79.9. The molecular formula is C22H17BrClFO5S. The molecule has 0 aliphatic rings. The zero-order chi connectivity index (χ0) is 22.5. The van der Waals surface area contributed by atoms with E-state index in [0.29, 0.717) is 22.1 Å². The number of hydrogen-bond acceptors (Lipinski definition) is 6. The number of carbonyl (C=O) groups excluding carboxylic acids is 1. The van der Waals surface area contributed by atoms with E-state index in [1.165, 1.54) is 43.1 Å². The molecule has 5 nitrogen and oxygen atoms in total. The summed E-state index contributed by atoms with van der Waals surface area (Å²) in [5.74, 6) is -1.97. The van der Waals surface area contributed by atoms with Crippen molar-refractivity contribution < 1.29 is 23.4 Å². The third-order valence-electron chi connectivity index (χ3n) is 4.46. The molecule has 162 valence electrons. The number of esters is 1. The Bertz CT molecular complexity index is 1150. The van der Waals surface area contributed by atoms with E-state index in [9.17, 15) is 19.1 Å². The molecule has 0 aliphatic carbocycles. The van der Waals surface area contributed by atoms with E-state index >= 15 is 0 Å². The zero-order valence-corrected chi connectivity index (χ0v) is 19.4. The van der Waals surface area contributed by atoms with E-state index in [-0.39, 0.29) is 16.7 Å². The Morgan fingerprint density at radius 1 is 1.26 bits per heavy atom. The maximum Gasteiger partial charge on any atom is 0.306 e. The van der Waals surface area contributed by atoms with Crippen LogP contribution in [0.1, 0.15) is 29.4 Å². The third kappa shape index (κ3) is 5.90. The topological polar surface area (TPSA) is 76.7 Å². The summed E-state index contributed by atoms with van der Waals surface area (Å²) in [7, 11) is 1.23. The van der Waals surface area contributed by atoms with E-state index in [1.807, 2.05) is 12.1 Å². The first-order valence-electron chi connectivity index (χ1n) is 9.04. The van der Waals surface area contributed by atoms with E-state index in [2.05, 4.69) is 15.9 Å². The van der Waals surface area contributed by atoms with E-state index in [1.54, 1.807) is 12.1 Å². The highest BCUT2D eigenvalue weighted by Gasteiger charge is 2.27. The lowest BCUT2D eigenvalue weighted by Gasteiger charge is -2.18. The van der Waals surface area contributed by atoms with Gasteiger partial charge in [0.2, 0.25) is 11.2 Å². The Morgan fingerprint density at radius 2 is 1.97 bits per heavy atom. The van der Waals surface area contributed by atoms with Crippen molar-refractivity contribution in [1.82, 2.24) is 0 Å². The molecule has 0 fully saturated rings. The van der Waals surface area contributed by atoms with Gasteiger partial charge >= 0.3 is 5.97 Å². The van der Waals surface area contributed by atoms with Gasteiger partial charge in [0.25, 0.3) is 0 Å². The van der Waals surface area contributed by atoms with Gasteiger partial charge in [-0.3, -0.25) is 9.59 Å². The normalized spacial score (nSPS) is 11.9. The second-order valence-electron chi connectivity index (χ2n) is 6.54. The van der Waals surface area contributed by atoms with Crippen LogP contribution in [0.25, 0.3) is 0 Å². The number of aromatic hydroxyl groups is 1. The molecule has 0 saturated heterocycles. The van der Waals surface area contributed by atoms with Gasteiger partial charge in [-0.15, -0.1) is 11.8 Å². The molecule has 3 rings (SSSR count). The number of hydrogen-bond donors (Lipinski definition) is 1. The Labute approximate surface area is 195 Å². The Hall–Kier alpha value is -2.29. The van der Waals surface area contributed by atoms with Gasteiger partial charge in [0.1, 0.15) is 11.6 Å². The zero-order valence-electron chi connectivity index (χ0n) is 16.2. The van der Waals surface area contributed by atoms with Crippen molar-refractivity contribution in [3.63, 3.8) is 0 Å². The second kappa shape index (κ2) is 10.3. The minimum Gasteiger partial charge on any atom is -0.502 e. The fourth-order valence-corrected chi connectivity index (χ4v) is 4.19. The van der Waals surface area contributed by atoms with Crippen molar-refractivity contribution in [3.8, 4) is 5.75 Å². The van der Waals surface area contributed by atoms with Crippen LogP contribution in [-0.4, -0.2) is 18.2 Å². The van der Waals surface area contributed by atoms with E-state index in [0.717, 1.165) is 4.90 Å². The number of ether oxygens (including phenoxy) is 1. The first kappa shape index (κ1) is 23.4. The van der Waals surface area contributed by atoms with Gasteiger partial charge in [-0.25, -0.2) is 4.39 Å². The van der Waals surface area contributed by atoms with Gasteiger partial charge < -0.3 is 14.3 Å². The van der Waals surface area contributed by atoms with Crippen LogP contribution >= 0.6 is 39.3 Å². The molecule has 0 saturated carbocycles. The first-order chi connectivity index (χ1) is 14.8. The fourth-order valence-electron chi connectivity index (χ4n) is 2.89. The fraction of sp³-hybridized carbons (Fsp3) is 0.182. The molecule has 1 atom stereocenters. The van der Waals surface area contributed by atoms with Gasteiger partial charge in [0, 0.05) is 16.0 Å². The van der Waals surface area contributed by atoms with Crippen molar-refractivity contribution in [1.29, 1.82) is 0 Å². The molecule has 3 aromatic rings. The molecule has 0 bridgehead atoms. The predicted molar refractivity (Wildman–Crippen MR) is 120 cm³/mol. The van der Waals surface area contributed by atoms with E-state index in [4.69, 9.17) is 20.8 Å². The molecule has 0 aliphatic heterocycles. The standard InChI is InChI=1S/C22H17BrClFO5S/c1-29-20(27)10-16(12-2-7-18(25)17(23)8-12)22-21(28)19(26)9-14(30-22)11-31-15-5-3-13(24)4-6-15/h2-9,16,28H,10-11H2,1H3/t16-/m1/s1. The van der Waals surface area contributed by atoms with E-state index < -0.39 is 28.9 Å². The molecule has 0 spiro atoms.